The van der Waals surface area contributed by atoms with Gasteiger partial charge in [-0.25, -0.2) is 27.0 Å². The minimum absolute atomic E-state index is 0.0642. The third-order valence-corrected chi connectivity index (χ3v) is 7.39. The Balaban J connectivity index is 1.62. The molecule has 1 heterocycles. The summed E-state index contributed by atoms with van der Waals surface area (Å²) >= 11 is 0. The lowest BCUT2D eigenvalue weighted by molar-refractivity contribution is -0.274. The van der Waals surface area contributed by atoms with Crippen molar-refractivity contribution in [3.63, 3.8) is 0 Å². The summed E-state index contributed by atoms with van der Waals surface area (Å²) in [5, 5.41) is 5.30. The number of sulfone groups is 1. The quantitative estimate of drug-likeness (QED) is 0.405. The molecule has 4 aromatic rings. The highest BCUT2D eigenvalue weighted by Gasteiger charge is 2.31. The number of ether oxygens (including phenoxy) is 1. The molecule has 0 fully saturated rings. The molecule has 3 N–H and O–H groups in total. The molecule has 0 radical (unpaired) electrons. The van der Waals surface area contributed by atoms with Gasteiger partial charge in [0.15, 0.2) is 9.84 Å². The molecule has 0 spiro atoms. The fraction of sp³-hybridized carbons (Fsp3) is 0.0952. The first-order valence-electron chi connectivity index (χ1n) is 9.51. The zero-order chi connectivity index (χ0) is 24.7. The molecule has 0 aliphatic heterocycles. The molecule has 13 heteroatoms. The first-order chi connectivity index (χ1) is 15.8. The van der Waals surface area contributed by atoms with Crippen LogP contribution in [0.1, 0.15) is 5.82 Å². The van der Waals surface area contributed by atoms with Gasteiger partial charge >= 0.3 is 6.36 Å². The van der Waals surface area contributed by atoms with E-state index < -0.39 is 37.7 Å². The van der Waals surface area contributed by atoms with Gasteiger partial charge in [-0.05, 0) is 48.0 Å². The van der Waals surface area contributed by atoms with Gasteiger partial charge in [0, 0.05) is 5.56 Å². The summed E-state index contributed by atoms with van der Waals surface area (Å²) in [6.07, 6.45) is -4.89. The summed E-state index contributed by atoms with van der Waals surface area (Å²) in [5.74, 6) is -0.977. The molecule has 0 atom stereocenters. The van der Waals surface area contributed by atoms with Gasteiger partial charge in [0.05, 0.1) is 20.8 Å². The number of alkyl halides is 3. The Bertz CT molecular complexity index is 1580. The van der Waals surface area contributed by atoms with Crippen molar-refractivity contribution in [2.24, 2.45) is 5.14 Å². The van der Waals surface area contributed by atoms with Gasteiger partial charge in [0.25, 0.3) is 0 Å². The van der Waals surface area contributed by atoms with E-state index in [2.05, 4.69) is 14.7 Å². The molecular formula is C21H16F3N3O5S2. The van der Waals surface area contributed by atoms with E-state index in [-0.39, 0.29) is 15.6 Å². The molecule has 4 rings (SSSR count). The molecule has 8 nitrogen and oxygen atoms in total. The van der Waals surface area contributed by atoms with E-state index in [1.54, 1.807) is 36.4 Å². The number of rotatable bonds is 6. The Morgan fingerprint density at radius 2 is 1.62 bits per heavy atom. The van der Waals surface area contributed by atoms with E-state index in [1.165, 1.54) is 6.07 Å². The van der Waals surface area contributed by atoms with E-state index in [9.17, 15) is 30.0 Å². The summed E-state index contributed by atoms with van der Waals surface area (Å²) in [4.78, 5) is 6.89. The third kappa shape index (κ3) is 5.21. The summed E-state index contributed by atoms with van der Waals surface area (Å²) in [5.41, 5.74) is 1.78. The highest BCUT2D eigenvalue weighted by molar-refractivity contribution is 7.90. The third-order valence-electron chi connectivity index (χ3n) is 4.78. The second-order valence-corrected chi connectivity index (χ2v) is 10.8. The number of H-pyrrole nitrogens is 1. The van der Waals surface area contributed by atoms with Crippen LogP contribution in [0.5, 0.6) is 5.75 Å². The minimum atomic E-state index is -4.89. The number of imidazole rings is 1. The largest absolute Gasteiger partial charge is 0.573 e. The van der Waals surface area contributed by atoms with E-state index in [0.717, 1.165) is 24.3 Å². The normalized spacial score (nSPS) is 12.7. The Kier molecular flexibility index (Phi) is 5.87. The van der Waals surface area contributed by atoms with Gasteiger partial charge in [-0.1, -0.05) is 24.3 Å². The average Bonchev–Trinajstić information content (AvgIpc) is 3.13. The average molecular weight is 512 g/mol. The fourth-order valence-electron chi connectivity index (χ4n) is 3.36. The molecule has 3 aromatic carbocycles. The molecule has 178 valence electrons. The number of hydrogen-bond acceptors (Lipinski definition) is 6. The zero-order valence-corrected chi connectivity index (χ0v) is 18.7. The van der Waals surface area contributed by atoms with Crippen molar-refractivity contribution < 1.29 is 34.7 Å². The van der Waals surface area contributed by atoms with Gasteiger partial charge in [-0.2, -0.15) is 0 Å². The molecule has 0 saturated carbocycles. The maximum Gasteiger partial charge on any atom is 0.573 e. The van der Waals surface area contributed by atoms with E-state index in [1.807, 2.05) is 0 Å². The number of aromatic nitrogens is 2. The minimum Gasteiger partial charge on any atom is -0.406 e. The molecule has 0 bridgehead atoms. The lowest BCUT2D eigenvalue weighted by Crippen LogP contribution is -2.17. The monoisotopic (exact) mass is 511 g/mol. The van der Waals surface area contributed by atoms with E-state index in [4.69, 9.17) is 5.14 Å². The lowest BCUT2D eigenvalue weighted by Gasteiger charge is -2.09. The van der Waals surface area contributed by atoms with Gasteiger partial charge < -0.3 is 9.72 Å². The van der Waals surface area contributed by atoms with Crippen molar-refractivity contribution in [1.29, 1.82) is 0 Å². The summed E-state index contributed by atoms with van der Waals surface area (Å²) in [6.45, 7) is 0. The number of halogens is 3. The van der Waals surface area contributed by atoms with Crippen molar-refractivity contribution >= 4 is 30.9 Å². The predicted molar refractivity (Wildman–Crippen MR) is 117 cm³/mol. The van der Waals surface area contributed by atoms with Crippen LogP contribution in [-0.2, 0) is 25.6 Å². The number of hydrogen-bond donors (Lipinski definition) is 2. The number of primary sulfonamides is 1. The van der Waals surface area contributed by atoms with Crippen LogP contribution in [0.15, 0.2) is 76.5 Å². The summed E-state index contributed by atoms with van der Waals surface area (Å²) < 4.78 is 89.9. The van der Waals surface area contributed by atoms with E-state index >= 15 is 0 Å². The second kappa shape index (κ2) is 8.42. The highest BCUT2D eigenvalue weighted by atomic mass is 32.2. The van der Waals surface area contributed by atoms with Crippen LogP contribution in [0.25, 0.3) is 22.2 Å². The first kappa shape index (κ1) is 23.7. The standard InChI is InChI=1S/C21H16F3N3O5S2/c22-21(23,24)32-14-6-8-15(9-7-14)33(28,29)12-20-26-17-10-5-13(11-18(17)27-20)16-3-1-2-4-19(16)34(25,30)31/h1-11H,12H2,(H,26,27)(H2,25,30,31). The Labute approximate surface area is 192 Å². The fourth-order valence-corrected chi connectivity index (χ4v) is 5.33. The van der Waals surface area contributed by atoms with Gasteiger partial charge in [-0.3, -0.25) is 0 Å². The number of sulfonamides is 1. The molecule has 0 unspecified atom stereocenters. The molecule has 0 aliphatic carbocycles. The van der Waals surface area contributed by atoms with Crippen LogP contribution >= 0.6 is 0 Å². The van der Waals surface area contributed by atoms with E-state index in [0.29, 0.717) is 22.2 Å². The van der Waals surface area contributed by atoms with Gasteiger partial charge in [-0.15, -0.1) is 13.2 Å². The highest BCUT2D eigenvalue weighted by Crippen LogP contribution is 2.29. The number of nitrogens with zero attached hydrogens (tertiary/aromatic N) is 1. The maximum absolute atomic E-state index is 12.7. The molecule has 0 amide bonds. The number of benzene rings is 3. The predicted octanol–water partition coefficient (Wildman–Crippen LogP) is 3.75. The van der Waals surface area contributed by atoms with Gasteiger partial charge in [0.2, 0.25) is 10.0 Å². The number of nitrogens with one attached hydrogen (secondary N) is 1. The Hall–Kier alpha value is -3.42. The molecule has 1 aromatic heterocycles. The van der Waals surface area contributed by atoms with Crippen LogP contribution in [0.4, 0.5) is 13.2 Å². The molecule has 0 aliphatic rings. The Morgan fingerprint density at radius 3 is 2.26 bits per heavy atom. The first-order valence-corrected chi connectivity index (χ1v) is 12.7. The van der Waals surface area contributed by atoms with Crippen LogP contribution in [0.2, 0.25) is 0 Å². The van der Waals surface area contributed by atoms with Crippen molar-refractivity contribution in [2.45, 2.75) is 21.9 Å². The number of nitrogens with two attached hydrogens (primary N) is 1. The van der Waals surface area contributed by atoms with Crippen LogP contribution < -0.4 is 9.88 Å². The van der Waals surface area contributed by atoms with Crippen molar-refractivity contribution in [3.05, 3.63) is 72.6 Å². The summed E-state index contributed by atoms with van der Waals surface area (Å²) in [6, 6.07) is 14.9. The van der Waals surface area contributed by atoms with Gasteiger partial charge in [0.1, 0.15) is 17.3 Å². The maximum atomic E-state index is 12.7. The second-order valence-electron chi connectivity index (χ2n) is 7.23. The van der Waals surface area contributed by atoms with Crippen molar-refractivity contribution in [3.8, 4) is 16.9 Å². The van der Waals surface area contributed by atoms with Crippen LogP contribution in [-0.4, -0.2) is 33.2 Å². The van der Waals surface area contributed by atoms with Crippen molar-refractivity contribution in [2.75, 3.05) is 0 Å². The number of aromatic amines is 1. The molecule has 0 saturated heterocycles. The summed E-state index contributed by atoms with van der Waals surface area (Å²) in [7, 11) is -7.91. The number of fused-ring (bicyclic) bond motifs is 1. The Morgan fingerprint density at radius 1 is 0.941 bits per heavy atom. The molecule has 34 heavy (non-hydrogen) atoms. The molecular weight excluding hydrogens is 495 g/mol. The lowest BCUT2D eigenvalue weighted by atomic mass is 10.1. The van der Waals surface area contributed by atoms with Crippen molar-refractivity contribution in [1.82, 2.24) is 9.97 Å². The zero-order valence-electron chi connectivity index (χ0n) is 17.1. The SMILES string of the molecule is NS(=O)(=O)c1ccccc1-c1ccc2[nH]c(CS(=O)(=O)c3ccc(OC(F)(F)F)cc3)nc2c1. The van der Waals surface area contributed by atoms with Crippen LogP contribution in [0.3, 0.4) is 0 Å². The van der Waals surface area contributed by atoms with Crippen LogP contribution in [0, 0.1) is 0 Å². The topological polar surface area (TPSA) is 132 Å². The smallest absolute Gasteiger partial charge is 0.406 e.